The highest BCUT2D eigenvalue weighted by atomic mass is 16.3. The predicted octanol–water partition coefficient (Wildman–Crippen LogP) is 0.744. The van der Waals surface area contributed by atoms with Crippen LogP contribution >= 0.6 is 0 Å². The summed E-state index contributed by atoms with van der Waals surface area (Å²) in [7, 11) is 0. The highest BCUT2D eigenvalue weighted by Crippen LogP contribution is 2.16. The van der Waals surface area contributed by atoms with Gasteiger partial charge in [-0.1, -0.05) is 0 Å². The van der Waals surface area contributed by atoms with Gasteiger partial charge in [0.2, 0.25) is 0 Å². The predicted molar refractivity (Wildman–Crippen MR) is 43.9 cm³/mol. The van der Waals surface area contributed by atoms with Gasteiger partial charge >= 0.3 is 0 Å². The van der Waals surface area contributed by atoms with E-state index < -0.39 is 0 Å². The Hall–Kier alpha value is -1.20. The molecule has 6 heteroatoms. The first kappa shape index (κ1) is 8.89. The van der Waals surface area contributed by atoms with Crippen LogP contribution < -0.4 is 0 Å². The molecule has 1 saturated heterocycles. The molecule has 2 unspecified atom stereocenters. The zero-order valence-corrected chi connectivity index (χ0v) is 7.17. The third kappa shape index (κ3) is 1.37. The Morgan fingerprint density at radius 1 is 1.00 bits per heavy atom. The van der Waals surface area contributed by atoms with Crippen LogP contribution in [0, 0.1) is 9.81 Å². The molecule has 0 radical (unpaired) electrons. The lowest BCUT2D eigenvalue weighted by Crippen LogP contribution is -2.53. The van der Waals surface area contributed by atoms with Crippen molar-refractivity contribution in [3.05, 3.63) is 9.81 Å². The lowest BCUT2D eigenvalue weighted by molar-refractivity contribution is 0.0369. The van der Waals surface area contributed by atoms with Gasteiger partial charge in [0.15, 0.2) is 0 Å². The van der Waals surface area contributed by atoms with Gasteiger partial charge in [-0.15, -0.1) is 9.81 Å². The fourth-order valence-electron chi connectivity index (χ4n) is 1.34. The molecular weight excluding hydrogens is 160 g/mol. The molecule has 6 nitrogen and oxygen atoms in total. The first-order valence-corrected chi connectivity index (χ1v) is 3.90. The standard InChI is InChI=1S/C6H12N4O2/c1-5-6(2)10(8-12)4-3-9(5)7-11/h5-6H,3-4H2,1-2H3. The van der Waals surface area contributed by atoms with Crippen LogP contribution in [0.3, 0.4) is 0 Å². The van der Waals surface area contributed by atoms with Gasteiger partial charge in [0.25, 0.3) is 0 Å². The minimum atomic E-state index is -0.0473. The van der Waals surface area contributed by atoms with Gasteiger partial charge in [0.05, 0.1) is 35.7 Å². The molecule has 1 aliphatic heterocycles. The molecule has 1 aliphatic rings. The van der Waals surface area contributed by atoms with Crippen molar-refractivity contribution in [2.45, 2.75) is 25.9 Å². The van der Waals surface area contributed by atoms with Crippen molar-refractivity contribution in [3.8, 4) is 0 Å². The molecule has 68 valence electrons. The molecule has 1 heterocycles. The maximum absolute atomic E-state index is 10.3. The maximum Gasteiger partial charge on any atom is 0.0693 e. The molecule has 0 N–H and O–H groups in total. The topological polar surface area (TPSA) is 65.3 Å². The average Bonchev–Trinajstić information content (AvgIpc) is 2.10. The Labute approximate surface area is 70.4 Å². The van der Waals surface area contributed by atoms with Crippen LogP contribution in [0.1, 0.15) is 13.8 Å². The summed E-state index contributed by atoms with van der Waals surface area (Å²) in [5, 5.41) is 8.59. The zero-order chi connectivity index (χ0) is 9.14. The van der Waals surface area contributed by atoms with E-state index in [2.05, 4.69) is 10.6 Å². The molecule has 0 amide bonds. The van der Waals surface area contributed by atoms with E-state index in [4.69, 9.17) is 0 Å². The molecule has 1 rings (SSSR count). The SMILES string of the molecule is CC1C(C)N(N=O)CCN1N=O. The number of rotatable bonds is 2. The van der Waals surface area contributed by atoms with Gasteiger partial charge in [-0.25, -0.2) is 0 Å². The van der Waals surface area contributed by atoms with Gasteiger partial charge in [0, 0.05) is 0 Å². The van der Waals surface area contributed by atoms with Crippen LogP contribution in [0.15, 0.2) is 10.6 Å². The molecule has 1 fully saturated rings. The fraction of sp³-hybridized carbons (Fsp3) is 1.00. The molecule has 12 heavy (non-hydrogen) atoms. The van der Waals surface area contributed by atoms with Crippen molar-refractivity contribution in [1.29, 1.82) is 0 Å². The van der Waals surface area contributed by atoms with Crippen molar-refractivity contribution >= 4 is 0 Å². The van der Waals surface area contributed by atoms with Crippen molar-refractivity contribution < 1.29 is 0 Å². The van der Waals surface area contributed by atoms with Crippen LogP contribution in [0.25, 0.3) is 0 Å². The Balaban J connectivity index is 2.64. The number of piperazine rings is 1. The van der Waals surface area contributed by atoms with Gasteiger partial charge < -0.3 is 0 Å². The zero-order valence-electron chi connectivity index (χ0n) is 7.17. The van der Waals surface area contributed by atoms with Crippen LogP contribution in [0.2, 0.25) is 0 Å². The monoisotopic (exact) mass is 172 g/mol. The van der Waals surface area contributed by atoms with Crippen molar-refractivity contribution in [2.75, 3.05) is 13.1 Å². The van der Waals surface area contributed by atoms with E-state index in [1.165, 1.54) is 10.0 Å². The summed E-state index contributed by atoms with van der Waals surface area (Å²) in [4.78, 5) is 20.5. The molecule has 0 saturated carbocycles. The van der Waals surface area contributed by atoms with Crippen LogP contribution in [-0.2, 0) is 0 Å². The first-order chi connectivity index (χ1) is 5.70. The summed E-state index contributed by atoms with van der Waals surface area (Å²) in [6.07, 6.45) is 0. The summed E-state index contributed by atoms with van der Waals surface area (Å²) in [6, 6.07) is -0.0945. The lowest BCUT2D eigenvalue weighted by atomic mass is 10.1. The average molecular weight is 172 g/mol. The summed E-state index contributed by atoms with van der Waals surface area (Å²) in [5.74, 6) is 0. The Morgan fingerprint density at radius 2 is 1.33 bits per heavy atom. The summed E-state index contributed by atoms with van der Waals surface area (Å²) >= 11 is 0. The number of nitroso groups, excluding NO2 is 2. The van der Waals surface area contributed by atoms with Gasteiger partial charge in [0.1, 0.15) is 0 Å². The summed E-state index contributed by atoms with van der Waals surface area (Å²) in [6.45, 7) is 4.65. The third-order valence-corrected chi connectivity index (χ3v) is 2.41. The normalized spacial score (nSPS) is 30.2. The van der Waals surface area contributed by atoms with E-state index in [1.54, 1.807) is 0 Å². The first-order valence-electron chi connectivity index (χ1n) is 3.90. The second kappa shape index (κ2) is 3.46. The summed E-state index contributed by atoms with van der Waals surface area (Å²) in [5.41, 5.74) is 0. The highest BCUT2D eigenvalue weighted by Gasteiger charge is 2.30. The highest BCUT2D eigenvalue weighted by molar-refractivity contribution is 4.82. The fourth-order valence-corrected chi connectivity index (χ4v) is 1.34. The molecule has 0 bridgehead atoms. The van der Waals surface area contributed by atoms with E-state index in [0.29, 0.717) is 13.1 Å². The van der Waals surface area contributed by atoms with Gasteiger partial charge in [-0.3, -0.25) is 10.0 Å². The number of nitrogens with zero attached hydrogens (tertiary/aromatic N) is 4. The minimum Gasteiger partial charge on any atom is -0.254 e. The van der Waals surface area contributed by atoms with Crippen molar-refractivity contribution in [1.82, 2.24) is 10.0 Å². The molecule has 2 atom stereocenters. The van der Waals surface area contributed by atoms with Gasteiger partial charge in [-0.05, 0) is 13.8 Å². The maximum atomic E-state index is 10.3. The van der Waals surface area contributed by atoms with E-state index in [-0.39, 0.29) is 12.1 Å². The Bertz CT molecular complexity index is 166. The van der Waals surface area contributed by atoms with Crippen LogP contribution in [0.5, 0.6) is 0 Å². The second-order valence-electron chi connectivity index (χ2n) is 2.97. The Kier molecular flexibility index (Phi) is 2.57. The second-order valence-corrected chi connectivity index (χ2v) is 2.97. The smallest absolute Gasteiger partial charge is 0.0693 e. The lowest BCUT2D eigenvalue weighted by Gasteiger charge is -2.38. The van der Waals surface area contributed by atoms with E-state index >= 15 is 0 Å². The van der Waals surface area contributed by atoms with Crippen molar-refractivity contribution in [3.63, 3.8) is 0 Å². The number of hydrogen-bond acceptors (Lipinski definition) is 4. The molecule has 0 aromatic heterocycles. The molecular formula is C6H12N4O2. The minimum absolute atomic E-state index is 0.0473. The van der Waals surface area contributed by atoms with E-state index in [9.17, 15) is 9.81 Å². The molecule has 0 aliphatic carbocycles. The van der Waals surface area contributed by atoms with E-state index in [1.807, 2.05) is 13.8 Å². The molecule has 0 aromatic carbocycles. The van der Waals surface area contributed by atoms with Crippen LogP contribution in [0.4, 0.5) is 0 Å². The Morgan fingerprint density at radius 3 is 1.58 bits per heavy atom. The van der Waals surface area contributed by atoms with Crippen LogP contribution in [-0.4, -0.2) is 35.2 Å². The quantitative estimate of drug-likeness (QED) is 0.576. The van der Waals surface area contributed by atoms with Crippen molar-refractivity contribution in [2.24, 2.45) is 10.6 Å². The molecule has 0 spiro atoms. The molecule has 0 aromatic rings. The van der Waals surface area contributed by atoms with Gasteiger partial charge in [-0.2, -0.15) is 0 Å². The third-order valence-electron chi connectivity index (χ3n) is 2.41. The number of hydrogen-bond donors (Lipinski definition) is 0. The summed E-state index contributed by atoms with van der Waals surface area (Å²) < 4.78 is 0. The van der Waals surface area contributed by atoms with E-state index in [0.717, 1.165) is 0 Å². The largest absolute Gasteiger partial charge is 0.254 e.